The van der Waals surface area contributed by atoms with Crippen molar-refractivity contribution in [3.63, 3.8) is 0 Å². The Morgan fingerprint density at radius 2 is 1.22 bits per heavy atom. The number of hydrogen-bond donors (Lipinski definition) is 1. The average Bonchev–Trinajstić information content (AvgIpc) is 2.86. The topological polar surface area (TPSA) is 48.2 Å². The summed E-state index contributed by atoms with van der Waals surface area (Å²) in [7, 11) is 0. The molecule has 4 aromatic carbocycles. The van der Waals surface area contributed by atoms with Crippen molar-refractivity contribution < 1.29 is 0 Å². The van der Waals surface area contributed by atoms with Crippen molar-refractivity contribution in [1.29, 1.82) is 5.26 Å². The van der Waals surface area contributed by atoms with Crippen LogP contribution in [0.3, 0.4) is 0 Å². The van der Waals surface area contributed by atoms with Crippen molar-refractivity contribution >= 4 is 23.0 Å². The molecule has 0 radical (unpaired) electrons. The van der Waals surface area contributed by atoms with Gasteiger partial charge in [0.25, 0.3) is 0 Å². The average molecular weight is 436 g/mol. The lowest BCUT2D eigenvalue weighted by atomic mass is 9.97. The molecule has 0 spiro atoms. The Bertz CT molecular complexity index is 1160. The summed E-state index contributed by atoms with van der Waals surface area (Å²) in [5, 5.41) is 14.4. The van der Waals surface area contributed by atoms with E-state index in [9.17, 15) is 5.26 Å². The van der Waals surface area contributed by atoms with Gasteiger partial charge in [0, 0.05) is 21.8 Å². The Kier molecular flexibility index (Phi) is 6.97. The van der Waals surface area contributed by atoms with Crippen molar-refractivity contribution in [2.75, 3.05) is 5.32 Å². The molecule has 0 amide bonds. The molecule has 0 saturated heterocycles. The normalized spacial score (nSPS) is 12.2. The molecule has 4 aromatic rings. The van der Waals surface area contributed by atoms with Crippen molar-refractivity contribution in [2.24, 2.45) is 4.99 Å². The minimum Gasteiger partial charge on any atom is -0.375 e. The van der Waals surface area contributed by atoms with Crippen LogP contribution in [0.15, 0.2) is 120 Å². The third-order valence-corrected chi connectivity index (χ3v) is 5.39. The summed E-state index contributed by atoms with van der Waals surface area (Å²) in [4.78, 5) is 4.99. The first-order valence-electron chi connectivity index (χ1n) is 10.4. The molecule has 2 atom stereocenters. The third-order valence-electron chi connectivity index (χ3n) is 5.14. The molecule has 0 bridgehead atoms. The fraction of sp³-hybridized carbons (Fsp3) is 0.0714. The SMILES string of the molecule is N#C[C@H](N=C(c1ccccc1)c1ccccc1)[C@H](Nc1ccccc1)c1ccc(Cl)cc1. The monoisotopic (exact) mass is 435 g/mol. The van der Waals surface area contributed by atoms with Crippen LogP contribution in [0.2, 0.25) is 5.02 Å². The van der Waals surface area contributed by atoms with Gasteiger partial charge in [-0.2, -0.15) is 5.26 Å². The Hall–Kier alpha value is -3.87. The van der Waals surface area contributed by atoms with Crippen molar-refractivity contribution in [3.8, 4) is 6.07 Å². The Morgan fingerprint density at radius 1 is 0.719 bits per heavy atom. The van der Waals surface area contributed by atoms with Crippen molar-refractivity contribution in [1.82, 2.24) is 0 Å². The van der Waals surface area contributed by atoms with Crippen LogP contribution in [0, 0.1) is 11.3 Å². The summed E-state index contributed by atoms with van der Waals surface area (Å²) < 4.78 is 0. The number of nitrogens with one attached hydrogen (secondary N) is 1. The van der Waals surface area contributed by atoms with Crippen molar-refractivity contribution in [3.05, 3.63) is 137 Å². The van der Waals surface area contributed by atoms with E-state index >= 15 is 0 Å². The fourth-order valence-corrected chi connectivity index (χ4v) is 3.68. The van der Waals surface area contributed by atoms with Crippen LogP contribution in [0.1, 0.15) is 22.7 Å². The predicted octanol–water partition coefficient (Wildman–Crippen LogP) is 6.92. The van der Waals surface area contributed by atoms with Gasteiger partial charge in [-0.3, -0.25) is 4.99 Å². The first-order chi connectivity index (χ1) is 15.7. The second-order valence-corrected chi connectivity index (χ2v) is 7.76. The summed E-state index contributed by atoms with van der Waals surface area (Å²) in [6, 6.07) is 38.7. The highest BCUT2D eigenvalue weighted by Crippen LogP contribution is 2.27. The lowest BCUT2D eigenvalue weighted by molar-refractivity contribution is 0.690. The molecular weight excluding hydrogens is 414 g/mol. The number of para-hydroxylation sites is 1. The van der Waals surface area contributed by atoms with E-state index in [2.05, 4.69) is 11.4 Å². The second kappa shape index (κ2) is 10.4. The minimum absolute atomic E-state index is 0.359. The highest BCUT2D eigenvalue weighted by molar-refractivity contribution is 6.30. The maximum atomic E-state index is 10.2. The van der Waals surface area contributed by atoms with Gasteiger partial charge in [0.05, 0.1) is 17.8 Å². The first-order valence-corrected chi connectivity index (χ1v) is 10.8. The zero-order chi connectivity index (χ0) is 22.2. The number of rotatable bonds is 7. The molecule has 3 nitrogen and oxygen atoms in total. The highest BCUT2D eigenvalue weighted by Gasteiger charge is 2.24. The van der Waals surface area contributed by atoms with Gasteiger partial charge in [-0.1, -0.05) is 103 Å². The van der Waals surface area contributed by atoms with Gasteiger partial charge < -0.3 is 5.32 Å². The van der Waals surface area contributed by atoms with E-state index in [0.29, 0.717) is 5.02 Å². The first kappa shape index (κ1) is 21.4. The molecule has 0 aliphatic rings. The summed E-state index contributed by atoms with van der Waals surface area (Å²) in [5.74, 6) is 0. The predicted molar refractivity (Wildman–Crippen MR) is 132 cm³/mol. The second-order valence-electron chi connectivity index (χ2n) is 7.32. The number of nitrogens with zero attached hydrogens (tertiary/aromatic N) is 2. The number of nitriles is 1. The standard InChI is InChI=1S/C28H22ClN3/c29-24-18-16-23(17-19-24)28(31-25-14-8-3-9-15-25)26(20-30)32-27(21-10-4-1-5-11-21)22-12-6-2-7-13-22/h1-19,26,28,31H/t26-,28+/m0/s1. The number of aliphatic imine (C=N–C) groups is 1. The summed E-state index contributed by atoms with van der Waals surface area (Å²) in [5.41, 5.74) is 4.58. The lowest BCUT2D eigenvalue weighted by Gasteiger charge is -2.24. The molecule has 0 saturated carbocycles. The Morgan fingerprint density at radius 3 is 1.72 bits per heavy atom. The molecule has 1 N–H and O–H groups in total. The summed E-state index contributed by atoms with van der Waals surface area (Å²) in [6.07, 6.45) is 0. The van der Waals surface area contributed by atoms with Gasteiger partial charge >= 0.3 is 0 Å². The summed E-state index contributed by atoms with van der Waals surface area (Å²) >= 11 is 6.12. The van der Waals surface area contributed by atoms with E-state index in [1.165, 1.54) is 0 Å². The van der Waals surface area contributed by atoms with E-state index in [4.69, 9.17) is 16.6 Å². The van der Waals surface area contributed by atoms with E-state index in [1.807, 2.05) is 115 Å². The number of anilines is 1. The maximum Gasteiger partial charge on any atom is 0.161 e. The van der Waals surface area contributed by atoms with Crippen LogP contribution < -0.4 is 5.32 Å². The Labute approximate surface area is 193 Å². The van der Waals surface area contributed by atoms with Crippen LogP contribution in [0.4, 0.5) is 5.69 Å². The molecule has 0 fully saturated rings. The van der Waals surface area contributed by atoms with Gasteiger partial charge in [0.2, 0.25) is 0 Å². The van der Waals surface area contributed by atoms with Gasteiger partial charge in [-0.05, 0) is 29.8 Å². The van der Waals surface area contributed by atoms with Crippen LogP contribution in [-0.4, -0.2) is 11.8 Å². The van der Waals surface area contributed by atoms with E-state index in [1.54, 1.807) is 0 Å². The molecule has 0 aliphatic carbocycles. The molecule has 32 heavy (non-hydrogen) atoms. The van der Waals surface area contributed by atoms with Crippen LogP contribution in [0.5, 0.6) is 0 Å². The van der Waals surface area contributed by atoms with Gasteiger partial charge in [0.15, 0.2) is 6.04 Å². The number of halogens is 1. The molecule has 0 unspecified atom stereocenters. The lowest BCUT2D eigenvalue weighted by Crippen LogP contribution is -2.25. The molecule has 0 aliphatic heterocycles. The molecular formula is C28H22ClN3. The van der Waals surface area contributed by atoms with Crippen LogP contribution >= 0.6 is 11.6 Å². The molecule has 4 rings (SSSR count). The largest absolute Gasteiger partial charge is 0.375 e. The molecule has 0 heterocycles. The molecule has 156 valence electrons. The quantitative estimate of drug-likeness (QED) is 0.320. The highest BCUT2D eigenvalue weighted by atomic mass is 35.5. The maximum absolute atomic E-state index is 10.2. The smallest absolute Gasteiger partial charge is 0.161 e. The Balaban J connectivity index is 1.80. The zero-order valence-corrected chi connectivity index (χ0v) is 18.2. The van der Waals surface area contributed by atoms with Gasteiger partial charge in [0.1, 0.15) is 0 Å². The third kappa shape index (κ3) is 5.24. The van der Waals surface area contributed by atoms with Crippen LogP contribution in [0.25, 0.3) is 0 Å². The minimum atomic E-state index is -0.674. The summed E-state index contributed by atoms with van der Waals surface area (Å²) in [6.45, 7) is 0. The van der Waals surface area contributed by atoms with Crippen molar-refractivity contribution in [2.45, 2.75) is 12.1 Å². The number of hydrogen-bond acceptors (Lipinski definition) is 3. The van der Waals surface area contributed by atoms with Crippen LogP contribution in [-0.2, 0) is 0 Å². The fourth-order valence-electron chi connectivity index (χ4n) is 3.55. The van der Waals surface area contributed by atoms with Gasteiger partial charge in [-0.15, -0.1) is 0 Å². The zero-order valence-electron chi connectivity index (χ0n) is 17.4. The van der Waals surface area contributed by atoms with Gasteiger partial charge in [-0.25, -0.2) is 0 Å². The number of benzene rings is 4. The van der Waals surface area contributed by atoms with E-state index in [-0.39, 0.29) is 6.04 Å². The van der Waals surface area contributed by atoms with E-state index < -0.39 is 6.04 Å². The molecule has 4 heteroatoms. The molecule has 0 aromatic heterocycles. The van der Waals surface area contributed by atoms with E-state index in [0.717, 1.165) is 28.1 Å².